The zero-order valence-electron chi connectivity index (χ0n) is 10.8. The van der Waals surface area contributed by atoms with Crippen molar-refractivity contribution in [2.45, 2.75) is 6.54 Å². The van der Waals surface area contributed by atoms with Crippen molar-refractivity contribution in [2.24, 2.45) is 0 Å². The van der Waals surface area contributed by atoms with Crippen molar-refractivity contribution in [3.8, 4) is 0 Å². The van der Waals surface area contributed by atoms with Crippen LogP contribution in [0.25, 0.3) is 10.8 Å². The number of pyridine rings is 1. The summed E-state index contributed by atoms with van der Waals surface area (Å²) in [5, 5.41) is 2.86. The van der Waals surface area contributed by atoms with Crippen molar-refractivity contribution in [1.82, 2.24) is 4.57 Å². The van der Waals surface area contributed by atoms with Crippen LogP contribution in [-0.4, -0.2) is 4.57 Å². The number of nitrogens with zero attached hydrogens (tertiary/aromatic N) is 1. The summed E-state index contributed by atoms with van der Waals surface area (Å²) in [5.74, 6) is 0. The predicted molar refractivity (Wildman–Crippen MR) is 88.8 cm³/mol. The largest absolute Gasteiger partial charge is 0.310 e. The minimum Gasteiger partial charge on any atom is -0.310 e. The van der Waals surface area contributed by atoms with E-state index < -0.39 is 0 Å². The molecule has 0 saturated heterocycles. The van der Waals surface area contributed by atoms with E-state index in [4.69, 9.17) is 34.8 Å². The second-order valence-corrected chi connectivity index (χ2v) is 5.85. The minimum atomic E-state index is -0.0831. The molecule has 1 aromatic heterocycles. The van der Waals surface area contributed by atoms with E-state index in [-0.39, 0.29) is 12.1 Å². The fraction of sp³-hybridized carbons (Fsp3) is 0.0625. The lowest BCUT2D eigenvalue weighted by Crippen LogP contribution is -2.20. The normalized spacial score (nSPS) is 11.0. The summed E-state index contributed by atoms with van der Waals surface area (Å²) in [7, 11) is 0. The van der Waals surface area contributed by atoms with Crippen molar-refractivity contribution in [3.05, 3.63) is 79.6 Å². The van der Waals surface area contributed by atoms with E-state index in [9.17, 15) is 4.79 Å². The highest BCUT2D eigenvalue weighted by molar-refractivity contribution is 6.44. The van der Waals surface area contributed by atoms with Gasteiger partial charge in [-0.05, 0) is 29.7 Å². The van der Waals surface area contributed by atoms with Gasteiger partial charge in [-0.25, -0.2) is 0 Å². The number of fused-ring (bicyclic) bond motifs is 1. The van der Waals surface area contributed by atoms with E-state index in [1.165, 1.54) is 0 Å². The molecule has 3 rings (SSSR count). The van der Waals surface area contributed by atoms with Gasteiger partial charge in [-0.1, -0.05) is 53.0 Å². The van der Waals surface area contributed by atoms with Gasteiger partial charge in [-0.2, -0.15) is 0 Å². The Morgan fingerprint density at radius 2 is 1.62 bits per heavy atom. The van der Waals surface area contributed by atoms with Crippen LogP contribution in [-0.2, 0) is 6.54 Å². The summed E-state index contributed by atoms with van der Waals surface area (Å²) in [5.41, 5.74) is 0.559. The van der Waals surface area contributed by atoms with Crippen LogP contribution in [0.2, 0.25) is 15.1 Å². The fourth-order valence-corrected chi connectivity index (χ4v) is 2.91. The quantitative estimate of drug-likeness (QED) is 0.602. The highest BCUT2D eigenvalue weighted by Gasteiger charge is 2.11. The van der Waals surface area contributed by atoms with Crippen LogP contribution in [0, 0.1) is 0 Å². The Bertz CT molecular complexity index is 886. The molecule has 0 aliphatic carbocycles. The molecule has 106 valence electrons. The van der Waals surface area contributed by atoms with Gasteiger partial charge in [0.1, 0.15) is 0 Å². The predicted octanol–water partition coefficient (Wildman–Crippen LogP) is 5.01. The van der Waals surface area contributed by atoms with E-state index in [1.54, 1.807) is 29.0 Å². The first-order chi connectivity index (χ1) is 10.1. The van der Waals surface area contributed by atoms with E-state index >= 15 is 0 Å². The first-order valence-corrected chi connectivity index (χ1v) is 7.42. The summed E-state index contributed by atoms with van der Waals surface area (Å²) in [4.78, 5) is 12.5. The lowest BCUT2D eigenvalue weighted by Gasteiger charge is -2.11. The molecule has 0 unspecified atom stereocenters. The monoisotopic (exact) mass is 337 g/mol. The van der Waals surface area contributed by atoms with Crippen LogP contribution in [0.3, 0.4) is 0 Å². The number of halogens is 3. The SMILES string of the molecule is O=c1c2ccccc2ccn1Cc1c(Cl)ccc(Cl)c1Cl. The molecular weight excluding hydrogens is 329 g/mol. The van der Waals surface area contributed by atoms with Crippen LogP contribution in [0.1, 0.15) is 5.56 Å². The van der Waals surface area contributed by atoms with Gasteiger partial charge in [0.15, 0.2) is 0 Å². The van der Waals surface area contributed by atoms with Gasteiger partial charge in [-0.3, -0.25) is 4.79 Å². The Morgan fingerprint density at radius 1 is 0.905 bits per heavy atom. The number of benzene rings is 2. The molecule has 0 N–H and O–H groups in total. The Morgan fingerprint density at radius 3 is 2.43 bits per heavy atom. The lowest BCUT2D eigenvalue weighted by molar-refractivity contribution is 0.768. The molecule has 0 amide bonds. The second-order valence-electron chi connectivity index (χ2n) is 4.66. The molecule has 3 aromatic rings. The first-order valence-electron chi connectivity index (χ1n) is 6.28. The van der Waals surface area contributed by atoms with E-state index in [0.29, 0.717) is 26.0 Å². The molecule has 0 aliphatic rings. The smallest absolute Gasteiger partial charge is 0.258 e. The maximum Gasteiger partial charge on any atom is 0.258 e. The molecule has 0 saturated carbocycles. The van der Waals surface area contributed by atoms with Gasteiger partial charge < -0.3 is 4.57 Å². The highest BCUT2D eigenvalue weighted by atomic mass is 35.5. The fourth-order valence-electron chi connectivity index (χ4n) is 2.24. The van der Waals surface area contributed by atoms with Crippen LogP contribution in [0.15, 0.2) is 53.5 Å². The second kappa shape index (κ2) is 5.72. The van der Waals surface area contributed by atoms with Crippen molar-refractivity contribution in [3.63, 3.8) is 0 Å². The molecule has 0 aliphatic heterocycles. The maximum atomic E-state index is 12.5. The molecule has 0 spiro atoms. The summed E-state index contributed by atoms with van der Waals surface area (Å²) >= 11 is 18.4. The van der Waals surface area contributed by atoms with Gasteiger partial charge in [-0.15, -0.1) is 0 Å². The third-order valence-corrected chi connectivity index (χ3v) is 4.55. The van der Waals surface area contributed by atoms with E-state index in [1.807, 2.05) is 24.3 Å². The minimum absolute atomic E-state index is 0.0831. The zero-order valence-corrected chi connectivity index (χ0v) is 13.1. The van der Waals surface area contributed by atoms with E-state index in [0.717, 1.165) is 5.39 Å². The zero-order chi connectivity index (χ0) is 15.0. The number of rotatable bonds is 2. The molecule has 2 aromatic carbocycles. The summed E-state index contributed by atoms with van der Waals surface area (Å²) in [6.45, 7) is 0.280. The van der Waals surface area contributed by atoms with Crippen LogP contribution < -0.4 is 5.56 Å². The number of aromatic nitrogens is 1. The summed E-state index contributed by atoms with van der Waals surface area (Å²) in [6, 6.07) is 12.7. The van der Waals surface area contributed by atoms with Gasteiger partial charge in [0.2, 0.25) is 0 Å². The van der Waals surface area contributed by atoms with Crippen molar-refractivity contribution in [2.75, 3.05) is 0 Å². The Hall–Kier alpha value is -1.48. The molecule has 2 nitrogen and oxygen atoms in total. The Kier molecular flexibility index (Phi) is 3.94. The summed E-state index contributed by atoms with van der Waals surface area (Å²) < 4.78 is 1.58. The van der Waals surface area contributed by atoms with Crippen molar-refractivity contribution in [1.29, 1.82) is 0 Å². The molecule has 0 radical (unpaired) electrons. The van der Waals surface area contributed by atoms with Crippen molar-refractivity contribution >= 4 is 45.6 Å². The van der Waals surface area contributed by atoms with E-state index in [2.05, 4.69) is 0 Å². The molecule has 1 heterocycles. The number of hydrogen-bond donors (Lipinski definition) is 0. The maximum absolute atomic E-state index is 12.5. The number of hydrogen-bond acceptors (Lipinski definition) is 1. The molecular formula is C16H10Cl3NO. The average molecular weight is 339 g/mol. The lowest BCUT2D eigenvalue weighted by atomic mass is 10.1. The Labute approximate surface area is 136 Å². The van der Waals surface area contributed by atoms with Crippen LogP contribution in [0.4, 0.5) is 0 Å². The molecule has 0 bridgehead atoms. The topological polar surface area (TPSA) is 22.0 Å². The van der Waals surface area contributed by atoms with Crippen LogP contribution >= 0.6 is 34.8 Å². The third kappa shape index (κ3) is 2.67. The molecule has 5 heteroatoms. The van der Waals surface area contributed by atoms with Crippen LogP contribution in [0.5, 0.6) is 0 Å². The van der Waals surface area contributed by atoms with Gasteiger partial charge in [0.25, 0.3) is 5.56 Å². The average Bonchev–Trinajstić information content (AvgIpc) is 2.50. The van der Waals surface area contributed by atoms with Gasteiger partial charge in [0.05, 0.1) is 16.6 Å². The highest BCUT2D eigenvalue weighted by Crippen LogP contribution is 2.31. The standard InChI is InChI=1S/C16H10Cl3NO/c17-13-5-6-14(18)15(19)12(13)9-20-8-7-10-3-1-2-4-11(10)16(20)21/h1-8H,9H2. The Balaban J connectivity index is 2.13. The molecule has 21 heavy (non-hydrogen) atoms. The summed E-state index contributed by atoms with van der Waals surface area (Å²) in [6.07, 6.45) is 1.73. The first kappa shape index (κ1) is 14.5. The van der Waals surface area contributed by atoms with Crippen molar-refractivity contribution < 1.29 is 0 Å². The molecule has 0 atom stereocenters. The van der Waals surface area contributed by atoms with Gasteiger partial charge in [0, 0.05) is 22.2 Å². The van der Waals surface area contributed by atoms with Gasteiger partial charge >= 0.3 is 0 Å². The third-order valence-electron chi connectivity index (χ3n) is 3.35. The molecule has 0 fully saturated rings.